The van der Waals surface area contributed by atoms with Gasteiger partial charge in [-0.05, 0) is 106 Å². The smallest absolute Gasteiger partial charge is 0.255 e. The summed E-state index contributed by atoms with van der Waals surface area (Å²) in [6, 6.07) is 22.6. The van der Waals surface area contributed by atoms with Gasteiger partial charge >= 0.3 is 0 Å². The average molecular weight is 699 g/mol. The Morgan fingerprint density at radius 2 is 1.83 bits per heavy atom. The molecule has 266 valence electrons. The van der Waals surface area contributed by atoms with Crippen molar-refractivity contribution in [2.45, 2.75) is 83.6 Å². The fourth-order valence-corrected chi connectivity index (χ4v) is 7.97. The van der Waals surface area contributed by atoms with Crippen molar-refractivity contribution in [3.05, 3.63) is 94.4 Å². The van der Waals surface area contributed by atoms with Crippen LogP contribution in [0.3, 0.4) is 0 Å². The van der Waals surface area contributed by atoms with Crippen molar-refractivity contribution in [3.63, 3.8) is 0 Å². The Labute approximate surface area is 303 Å². The van der Waals surface area contributed by atoms with Gasteiger partial charge in [0.15, 0.2) is 0 Å². The number of carbonyl (C=O) groups excluding carboxylic acids is 3. The summed E-state index contributed by atoms with van der Waals surface area (Å²) < 4.78 is 12.1. The predicted molar refractivity (Wildman–Crippen MR) is 195 cm³/mol. The van der Waals surface area contributed by atoms with E-state index in [0.29, 0.717) is 25.1 Å². The van der Waals surface area contributed by atoms with Crippen LogP contribution in [-0.4, -0.2) is 65.7 Å². The second-order valence-electron chi connectivity index (χ2n) is 14.8. The molecular weight excluding hydrogens is 656 g/mol. The molecule has 2 unspecified atom stereocenters. The van der Waals surface area contributed by atoms with Crippen LogP contribution < -0.4 is 15.1 Å². The standard InChI is InChI=1S/C41H42N6O5/c1-24-5-6-28(38-26(3)44-52-27(38)4)18-36(24)46(31-9-7-30(8-10-31)41(23-42)15-16-41)19-25(2)51-33-21-45(22-33)32-11-12-34-29(17-32)20-47(40(34)50)35-13-14-37(48)43-39(35)49/h5-12,17-18,25,33,35H,13-16,19-22H2,1-4H3,(H,43,48,49). The van der Waals surface area contributed by atoms with Crippen LogP contribution in [0.2, 0.25) is 0 Å². The van der Waals surface area contributed by atoms with Gasteiger partial charge in [-0.15, -0.1) is 0 Å². The Bertz CT molecular complexity index is 2100. The van der Waals surface area contributed by atoms with E-state index in [2.05, 4.69) is 82.7 Å². The number of hydrogen-bond acceptors (Lipinski definition) is 9. The molecule has 1 aromatic heterocycles. The number of nitrogens with zero attached hydrogens (tertiary/aromatic N) is 5. The normalized spacial score (nSPS) is 19.9. The maximum absolute atomic E-state index is 13.2. The number of carbonyl (C=O) groups is 3. The molecule has 0 bridgehead atoms. The fourth-order valence-electron chi connectivity index (χ4n) is 7.97. The zero-order valence-corrected chi connectivity index (χ0v) is 29.9. The van der Waals surface area contributed by atoms with E-state index < -0.39 is 11.9 Å². The topological polar surface area (TPSA) is 132 Å². The zero-order valence-electron chi connectivity index (χ0n) is 29.9. The van der Waals surface area contributed by atoms with Crippen LogP contribution in [0.4, 0.5) is 17.1 Å². The molecule has 4 aromatic rings. The van der Waals surface area contributed by atoms with Gasteiger partial charge in [0.1, 0.15) is 11.8 Å². The van der Waals surface area contributed by atoms with Gasteiger partial charge in [-0.25, -0.2) is 0 Å². The minimum absolute atomic E-state index is 0.0363. The molecule has 0 radical (unpaired) electrons. The van der Waals surface area contributed by atoms with E-state index in [-0.39, 0.29) is 35.9 Å². The molecule has 8 rings (SSSR count). The summed E-state index contributed by atoms with van der Waals surface area (Å²) in [5, 5.41) is 16.3. The van der Waals surface area contributed by atoms with Crippen molar-refractivity contribution in [1.29, 1.82) is 5.26 Å². The molecule has 3 fully saturated rings. The number of benzene rings is 3. The lowest BCUT2D eigenvalue weighted by atomic mass is 9.97. The van der Waals surface area contributed by atoms with Crippen molar-refractivity contribution >= 4 is 34.8 Å². The molecule has 52 heavy (non-hydrogen) atoms. The van der Waals surface area contributed by atoms with E-state index in [9.17, 15) is 19.6 Å². The van der Waals surface area contributed by atoms with Crippen molar-refractivity contribution in [3.8, 4) is 17.2 Å². The highest BCUT2D eigenvalue weighted by molar-refractivity contribution is 6.05. The summed E-state index contributed by atoms with van der Waals surface area (Å²) in [6.45, 7) is 10.5. The summed E-state index contributed by atoms with van der Waals surface area (Å²) >= 11 is 0. The van der Waals surface area contributed by atoms with Crippen LogP contribution in [0.1, 0.15) is 71.1 Å². The predicted octanol–water partition coefficient (Wildman–Crippen LogP) is 6.02. The van der Waals surface area contributed by atoms with Crippen LogP contribution in [-0.2, 0) is 26.3 Å². The lowest BCUT2D eigenvalue weighted by Crippen LogP contribution is -2.54. The number of anilines is 3. The third kappa shape index (κ3) is 6.01. The van der Waals surface area contributed by atoms with Crippen molar-refractivity contribution < 1.29 is 23.6 Å². The monoisotopic (exact) mass is 698 g/mol. The number of piperidine rings is 1. The van der Waals surface area contributed by atoms with Crippen LogP contribution in [0, 0.1) is 32.1 Å². The largest absolute Gasteiger partial charge is 0.370 e. The van der Waals surface area contributed by atoms with Gasteiger partial charge < -0.3 is 24.0 Å². The Kier molecular flexibility index (Phi) is 8.38. The molecule has 3 amide bonds. The number of imide groups is 1. The van der Waals surface area contributed by atoms with E-state index in [1.165, 1.54) is 0 Å². The first-order valence-electron chi connectivity index (χ1n) is 18.0. The first-order valence-corrected chi connectivity index (χ1v) is 18.0. The number of ether oxygens (including phenoxy) is 1. The Morgan fingerprint density at radius 3 is 2.50 bits per heavy atom. The van der Waals surface area contributed by atoms with Gasteiger partial charge in [0.2, 0.25) is 11.8 Å². The van der Waals surface area contributed by atoms with Crippen LogP contribution in [0.5, 0.6) is 0 Å². The maximum Gasteiger partial charge on any atom is 0.255 e. The number of nitriles is 1. The minimum atomic E-state index is -0.628. The molecule has 2 atom stereocenters. The van der Waals surface area contributed by atoms with E-state index in [1.807, 2.05) is 32.0 Å². The number of aromatic nitrogens is 1. The first kappa shape index (κ1) is 33.7. The summed E-state index contributed by atoms with van der Waals surface area (Å²) in [7, 11) is 0. The Balaban J connectivity index is 0.966. The number of hydrogen-bond donors (Lipinski definition) is 1. The van der Waals surface area contributed by atoms with Crippen molar-refractivity contribution in [1.82, 2.24) is 15.4 Å². The van der Waals surface area contributed by atoms with Gasteiger partial charge in [-0.2, -0.15) is 5.26 Å². The summed E-state index contributed by atoms with van der Waals surface area (Å²) in [5.41, 5.74) is 9.35. The molecule has 3 aliphatic heterocycles. The highest BCUT2D eigenvalue weighted by Gasteiger charge is 2.45. The Morgan fingerprint density at radius 1 is 1.06 bits per heavy atom. The van der Waals surface area contributed by atoms with Crippen molar-refractivity contribution in [2.24, 2.45) is 0 Å². The summed E-state index contributed by atoms with van der Waals surface area (Å²) in [5.74, 6) is -0.0845. The highest BCUT2D eigenvalue weighted by atomic mass is 16.5. The van der Waals surface area contributed by atoms with Crippen LogP contribution in [0.25, 0.3) is 11.1 Å². The molecule has 4 aliphatic rings. The van der Waals surface area contributed by atoms with E-state index >= 15 is 0 Å². The molecular formula is C41H42N6O5. The van der Waals surface area contributed by atoms with Crippen molar-refractivity contribution in [2.75, 3.05) is 29.4 Å². The lowest BCUT2D eigenvalue weighted by molar-refractivity contribution is -0.136. The highest BCUT2D eigenvalue weighted by Crippen LogP contribution is 2.48. The third-order valence-electron chi connectivity index (χ3n) is 11.1. The van der Waals surface area contributed by atoms with Gasteiger partial charge in [0.25, 0.3) is 5.91 Å². The summed E-state index contributed by atoms with van der Waals surface area (Å²) in [6.07, 6.45) is 2.31. The number of aryl methyl sites for hydroxylation is 3. The van der Waals surface area contributed by atoms with E-state index in [1.54, 1.807) is 4.90 Å². The van der Waals surface area contributed by atoms with E-state index in [4.69, 9.17) is 9.26 Å². The average Bonchev–Trinajstić information content (AvgIpc) is 3.76. The number of fused-ring (bicyclic) bond motifs is 1. The number of nitrogens with one attached hydrogen (secondary N) is 1. The molecule has 4 heterocycles. The van der Waals surface area contributed by atoms with Crippen LogP contribution in [0.15, 0.2) is 65.2 Å². The van der Waals surface area contributed by atoms with Crippen LogP contribution >= 0.6 is 0 Å². The quantitative estimate of drug-likeness (QED) is 0.198. The summed E-state index contributed by atoms with van der Waals surface area (Å²) in [4.78, 5) is 43.4. The molecule has 11 heteroatoms. The van der Waals surface area contributed by atoms with Gasteiger partial charge in [0, 0.05) is 60.8 Å². The maximum atomic E-state index is 13.2. The molecule has 1 aliphatic carbocycles. The third-order valence-corrected chi connectivity index (χ3v) is 11.1. The zero-order chi connectivity index (χ0) is 36.3. The van der Waals surface area contributed by atoms with E-state index in [0.717, 1.165) is 82.3 Å². The number of amides is 3. The SMILES string of the molecule is Cc1ccc(-c2c(C)noc2C)cc1N(CC(C)OC1CN(c2ccc3c(c2)CN(C2CCC(=O)NC2=O)C3=O)C1)c1ccc(C2(C#N)CC2)cc1. The lowest BCUT2D eigenvalue weighted by Gasteiger charge is -2.42. The second-order valence-corrected chi connectivity index (χ2v) is 14.8. The Hall–Kier alpha value is -5.47. The molecule has 3 aromatic carbocycles. The molecule has 2 saturated heterocycles. The molecule has 1 N–H and O–H groups in total. The number of rotatable bonds is 10. The molecule has 0 spiro atoms. The van der Waals surface area contributed by atoms with Gasteiger partial charge in [-0.1, -0.05) is 29.4 Å². The minimum Gasteiger partial charge on any atom is -0.370 e. The second kappa shape index (κ2) is 12.9. The first-order chi connectivity index (χ1) is 25.0. The van der Waals surface area contributed by atoms with Gasteiger partial charge in [0.05, 0.1) is 29.4 Å². The van der Waals surface area contributed by atoms with Gasteiger partial charge in [-0.3, -0.25) is 19.7 Å². The fraction of sp³-hybridized carbons (Fsp3) is 0.390. The molecule has 1 saturated carbocycles. The molecule has 11 nitrogen and oxygen atoms in total.